The molecule has 0 heterocycles. The van der Waals surface area contributed by atoms with Crippen molar-refractivity contribution in [2.24, 2.45) is 0 Å². The number of nitriles is 1. The molecule has 0 bridgehead atoms. The van der Waals surface area contributed by atoms with E-state index in [9.17, 15) is 10.1 Å². The number of carbonyl (C=O) groups is 1. The molecule has 7 heteroatoms. The highest BCUT2D eigenvalue weighted by Gasteiger charge is 2.12. The first kappa shape index (κ1) is 23.2. The van der Waals surface area contributed by atoms with Gasteiger partial charge in [-0.2, -0.15) is 5.26 Å². The Morgan fingerprint density at radius 3 is 2.44 bits per heavy atom. The van der Waals surface area contributed by atoms with Gasteiger partial charge in [0, 0.05) is 5.69 Å². The first-order chi connectivity index (χ1) is 15.4. The predicted molar refractivity (Wildman–Crippen MR) is 127 cm³/mol. The van der Waals surface area contributed by atoms with E-state index in [-0.39, 0.29) is 12.2 Å². The maximum atomic E-state index is 12.5. The summed E-state index contributed by atoms with van der Waals surface area (Å²) in [7, 11) is 1.52. The average Bonchev–Trinajstić information content (AvgIpc) is 2.80. The summed E-state index contributed by atoms with van der Waals surface area (Å²) < 4.78 is 11.3. The number of hydrogen-bond acceptors (Lipinski definition) is 4. The van der Waals surface area contributed by atoms with Gasteiger partial charge in [-0.1, -0.05) is 53.0 Å². The lowest BCUT2D eigenvalue weighted by molar-refractivity contribution is -0.112. The van der Waals surface area contributed by atoms with Gasteiger partial charge in [-0.3, -0.25) is 4.79 Å². The highest BCUT2D eigenvalue weighted by Crippen LogP contribution is 2.30. The van der Waals surface area contributed by atoms with E-state index in [2.05, 4.69) is 5.32 Å². The highest BCUT2D eigenvalue weighted by atomic mass is 35.5. The molecule has 0 aliphatic heterocycles. The number of nitrogens with zero attached hydrogens (tertiary/aromatic N) is 1. The van der Waals surface area contributed by atoms with Crippen molar-refractivity contribution in [2.45, 2.75) is 13.5 Å². The van der Waals surface area contributed by atoms with Gasteiger partial charge in [-0.05, 0) is 60.5 Å². The number of rotatable bonds is 7. The van der Waals surface area contributed by atoms with Crippen molar-refractivity contribution in [1.29, 1.82) is 5.26 Å². The molecule has 0 atom stereocenters. The van der Waals surface area contributed by atoms with Gasteiger partial charge in [0.2, 0.25) is 0 Å². The molecule has 1 N–H and O–H groups in total. The minimum Gasteiger partial charge on any atom is -0.493 e. The molecule has 0 radical (unpaired) electrons. The standard InChI is InChI=1S/C25H20Cl2N2O3/c1-16-3-7-20(8-4-16)29-25(30)19(14-28)11-17-6-10-23(24(13-17)31-2)32-15-18-5-9-21(26)22(27)12-18/h3-13H,15H2,1-2H3,(H,29,30)/b19-11+. The van der Waals surface area contributed by atoms with Gasteiger partial charge in [0.05, 0.1) is 17.2 Å². The van der Waals surface area contributed by atoms with Crippen LogP contribution in [0.2, 0.25) is 10.0 Å². The van der Waals surface area contributed by atoms with E-state index >= 15 is 0 Å². The van der Waals surface area contributed by atoms with E-state index in [4.69, 9.17) is 32.7 Å². The van der Waals surface area contributed by atoms with Gasteiger partial charge in [0.25, 0.3) is 5.91 Å². The molecule has 5 nitrogen and oxygen atoms in total. The Morgan fingerprint density at radius 1 is 1.03 bits per heavy atom. The fourth-order valence-corrected chi connectivity index (χ4v) is 3.15. The first-order valence-corrected chi connectivity index (χ1v) is 10.4. The fourth-order valence-electron chi connectivity index (χ4n) is 2.83. The Bertz CT molecular complexity index is 1200. The second-order valence-corrected chi connectivity index (χ2v) is 7.75. The molecule has 3 aromatic carbocycles. The molecule has 0 saturated heterocycles. The van der Waals surface area contributed by atoms with Gasteiger partial charge < -0.3 is 14.8 Å². The SMILES string of the molecule is COc1cc(/C=C(\C#N)C(=O)Nc2ccc(C)cc2)ccc1OCc1ccc(Cl)c(Cl)c1. The minimum atomic E-state index is -0.490. The topological polar surface area (TPSA) is 71.3 Å². The van der Waals surface area contributed by atoms with Crippen LogP contribution in [0.3, 0.4) is 0 Å². The van der Waals surface area contributed by atoms with Crippen LogP contribution < -0.4 is 14.8 Å². The molecular weight excluding hydrogens is 447 g/mol. The van der Waals surface area contributed by atoms with Gasteiger partial charge in [-0.15, -0.1) is 0 Å². The van der Waals surface area contributed by atoms with Gasteiger partial charge in [0.1, 0.15) is 18.2 Å². The van der Waals surface area contributed by atoms with Crippen LogP contribution in [0, 0.1) is 18.3 Å². The predicted octanol–water partition coefficient (Wildman–Crippen LogP) is 6.44. The van der Waals surface area contributed by atoms with Crippen molar-refractivity contribution in [3.63, 3.8) is 0 Å². The minimum absolute atomic E-state index is 0.0305. The number of nitrogens with one attached hydrogen (secondary N) is 1. The van der Waals surface area contributed by atoms with Gasteiger partial charge >= 0.3 is 0 Å². The van der Waals surface area contributed by atoms with Crippen molar-refractivity contribution in [1.82, 2.24) is 0 Å². The van der Waals surface area contributed by atoms with Crippen molar-refractivity contribution in [3.05, 3.63) is 93.0 Å². The summed E-state index contributed by atoms with van der Waals surface area (Å²) in [4.78, 5) is 12.5. The van der Waals surface area contributed by atoms with Crippen LogP contribution in [0.5, 0.6) is 11.5 Å². The molecule has 0 spiro atoms. The van der Waals surface area contributed by atoms with Crippen LogP contribution >= 0.6 is 23.2 Å². The van der Waals surface area contributed by atoms with Crippen LogP contribution in [0.15, 0.2) is 66.2 Å². The third-order valence-corrected chi connectivity index (χ3v) is 5.29. The third kappa shape index (κ3) is 6.04. The lowest BCUT2D eigenvalue weighted by Gasteiger charge is -2.12. The number of benzene rings is 3. The van der Waals surface area contributed by atoms with E-state index in [0.29, 0.717) is 32.8 Å². The van der Waals surface area contributed by atoms with Crippen molar-refractivity contribution in [2.75, 3.05) is 12.4 Å². The maximum absolute atomic E-state index is 12.5. The lowest BCUT2D eigenvalue weighted by Crippen LogP contribution is -2.13. The summed E-state index contributed by atoms with van der Waals surface area (Å²) in [6, 6.07) is 19.7. The molecule has 0 saturated carbocycles. The Kier molecular flexibility index (Phi) is 7.77. The largest absolute Gasteiger partial charge is 0.493 e. The Morgan fingerprint density at radius 2 is 1.78 bits per heavy atom. The van der Waals surface area contributed by atoms with Crippen LogP contribution in [0.1, 0.15) is 16.7 Å². The molecule has 0 fully saturated rings. The van der Waals surface area contributed by atoms with Crippen LogP contribution in [0.4, 0.5) is 5.69 Å². The number of ether oxygens (including phenoxy) is 2. The summed E-state index contributed by atoms with van der Waals surface area (Å²) in [5, 5.41) is 13.1. The fraction of sp³-hybridized carbons (Fsp3) is 0.120. The summed E-state index contributed by atoms with van der Waals surface area (Å²) in [5.74, 6) is 0.489. The zero-order valence-corrected chi connectivity index (χ0v) is 19.0. The smallest absolute Gasteiger partial charge is 0.266 e. The Hall–Kier alpha value is -3.46. The third-order valence-electron chi connectivity index (χ3n) is 4.55. The van der Waals surface area contributed by atoms with Gasteiger partial charge in [-0.25, -0.2) is 0 Å². The van der Waals surface area contributed by atoms with Crippen molar-refractivity contribution in [3.8, 4) is 17.6 Å². The maximum Gasteiger partial charge on any atom is 0.266 e. The number of anilines is 1. The Balaban J connectivity index is 1.74. The lowest BCUT2D eigenvalue weighted by atomic mass is 10.1. The number of hydrogen-bond donors (Lipinski definition) is 1. The van der Waals surface area contributed by atoms with Gasteiger partial charge in [0.15, 0.2) is 11.5 Å². The molecular formula is C25H20Cl2N2O3. The number of halogens is 2. The molecule has 32 heavy (non-hydrogen) atoms. The molecule has 162 valence electrons. The van der Waals surface area contributed by atoms with Crippen molar-refractivity contribution >= 4 is 40.9 Å². The molecule has 0 aromatic heterocycles. The molecule has 0 aliphatic carbocycles. The highest BCUT2D eigenvalue weighted by molar-refractivity contribution is 6.42. The normalized spacial score (nSPS) is 10.9. The average molecular weight is 467 g/mol. The Labute approximate surface area is 196 Å². The summed E-state index contributed by atoms with van der Waals surface area (Å²) in [6.07, 6.45) is 1.49. The van der Waals surface area contributed by atoms with E-state index in [1.54, 1.807) is 42.5 Å². The van der Waals surface area contributed by atoms with Crippen LogP contribution in [-0.4, -0.2) is 13.0 Å². The van der Waals surface area contributed by atoms with E-state index in [1.807, 2.05) is 31.2 Å². The molecule has 1 amide bonds. The van der Waals surface area contributed by atoms with E-state index < -0.39 is 5.91 Å². The van der Waals surface area contributed by atoms with Crippen molar-refractivity contribution < 1.29 is 14.3 Å². The second-order valence-electron chi connectivity index (χ2n) is 6.94. The zero-order valence-electron chi connectivity index (χ0n) is 17.5. The summed E-state index contributed by atoms with van der Waals surface area (Å²) in [6.45, 7) is 2.22. The molecule has 0 unspecified atom stereocenters. The van der Waals surface area contributed by atoms with E-state index in [1.165, 1.54) is 13.2 Å². The molecule has 3 aromatic rings. The molecule has 0 aliphatic rings. The number of aryl methyl sites for hydroxylation is 1. The monoisotopic (exact) mass is 466 g/mol. The number of amides is 1. The zero-order chi connectivity index (χ0) is 23.1. The summed E-state index contributed by atoms with van der Waals surface area (Å²) >= 11 is 12.0. The number of carbonyl (C=O) groups excluding carboxylic acids is 1. The second kappa shape index (κ2) is 10.7. The van der Waals surface area contributed by atoms with Crippen LogP contribution in [-0.2, 0) is 11.4 Å². The first-order valence-electron chi connectivity index (χ1n) is 9.64. The molecule has 3 rings (SSSR count). The number of methoxy groups -OCH3 is 1. The quantitative estimate of drug-likeness (QED) is 0.321. The summed E-state index contributed by atoms with van der Waals surface area (Å²) in [5.41, 5.74) is 3.14. The van der Waals surface area contributed by atoms with Crippen LogP contribution in [0.25, 0.3) is 6.08 Å². The van der Waals surface area contributed by atoms with E-state index in [0.717, 1.165) is 11.1 Å².